The lowest BCUT2D eigenvalue weighted by molar-refractivity contribution is 0.335. The number of hydrogen-bond acceptors (Lipinski definition) is 3. The molecule has 1 aromatic rings. The van der Waals surface area contributed by atoms with Crippen LogP contribution in [-0.4, -0.2) is 24.2 Å². The molecule has 0 heterocycles. The summed E-state index contributed by atoms with van der Waals surface area (Å²) in [5, 5.41) is 3.55. The van der Waals surface area contributed by atoms with Crippen molar-refractivity contribution in [2.45, 2.75) is 31.1 Å². The first-order valence-corrected chi connectivity index (χ1v) is 7.49. The van der Waals surface area contributed by atoms with Crippen molar-refractivity contribution in [3.63, 3.8) is 0 Å². The molecule has 1 saturated carbocycles. The minimum absolute atomic E-state index is 0.528. The van der Waals surface area contributed by atoms with Crippen molar-refractivity contribution in [2.75, 3.05) is 19.4 Å². The summed E-state index contributed by atoms with van der Waals surface area (Å²) in [6.45, 7) is 4.76. The average molecular weight is 251 g/mol. The molecule has 0 saturated heterocycles. The Balaban J connectivity index is 1.85. The summed E-state index contributed by atoms with van der Waals surface area (Å²) in [5.74, 6) is 1.01. The molecule has 0 unspecified atom stereocenters. The molecule has 2 rings (SSSR count). The van der Waals surface area contributed by atoms with Crippen LogP contribution in [0, 0.1) is 0 Å². The zero-order chi connectivity index (χ0) is 12.1. The molecule has 0 aliphatic heterocycles. The molecule has 0 radical (unpaired) electrons. The van der Waals surface area contributed by atoms with E-state index in [4.69, 9.17) is 4.74 Å². The fraction of sp³-hybridized carbons (Fsp3) is 0.571. The summed E-state index contributed by atoms with van der Waals surface area (Å²) in [4.78, 5) is 0. The lowest BCUT2D eigenvalue weighted by Crippen LogP contribution is -2.25. The van der Waals surface area contributed by atoms with Crippen molar-refractivity contribution < 1.29 is 4.74 Å². The molecular weight excluding hydrogens is 230 g/mol. The number of hydrogen-bond donors (Lipinski definition) is 1. The molecule has 1 aromatic carbocycles. The summed E-state index contributed by atoms with van der Waals surface area (Å²) in [7, 11) is 0. The maximum Gasteiger partial charge on any atom is 0.123 e. The second kappa shape index (κ2) is 5.78. The first-order valence-electron chi connectivity index (χ1n) is 6.26. The largest absolute Gasteiger partial charge is 0.494 e. The molecule has 1 N–H and O–H groups in total. The molecule has 0 amide bonds. The molecule has 1 aliphatic rings. The Kier molecular flexibility index (Phi) is 4.35. The van der Waals surface area contributed by atoms with Gasteiger partial charge in [0.25, 0.3) is 0 Å². The van der Waals surface area contributed by atoms with Crippen LogP contribution < -0.4 is 10.1 Å². The smallest absolute Gasteiger partial charge is 0.123 e. The van der Waals surface area contributed by atoms with Crippen LogP contribution in [0.3, 0.4) is 0 Å². The highest BCUT2D eigenvalue weighted by atomic mass is 32.2. The zero-order valence-corrected chi connectivity index (χ0v) is 11.5. The summed E-state index contributed by atoms with van der Waals surface area (Å²) < 4.78 is 6.14. The van der Waals surface area contributed by atoms with Crippen molar-refractivity contribution in [3.8, 4) is 5.75 Å². The maximum atomic E-state index is 5.62. The first-order chi connectivity index (χ1) is 8.29. The van der Waals surface area contributed by atoms with E-state index in [9.17, 15) is 0 Å². The Morgan fingerprint density at radius 1 is 1.35 bits per heavy atom. The molecule has 17 heavy (non-hydrogen) atoms. The normalized spacial score (nSPS) is 16.8. The van der Waals surface area contributed by atoms with Crippen LogP contribution in [0.1, 0.15) is 25.3 Å². The van der Waals surface area contributed by atoms with Gasteiger partial charge >= 0.3 is 0 Å². The van der Waals surface area contributed by atoms with E-state index in [0.717, 1.165) is 25.4 Å². The van der Waals surface area contributed by atoms with Crippen LogP contribution in [0.2, 0.25) is 0 Å². The van der Waals surface area contributed by atoms with Gasteiger partial charge in [0, 0.05) is 23.4 Å². The van der Waals surface area contributed by atoms with Gasteiger partial charge in [-0.05, 0) is 32.1 Å². The average Bonchev–Trinajstić information content (AvgIpc) is 3.12. The summed E-state index contributed by atoms with van der Waals surface area (Å²) in [6, 6.07) is 8.28. The molecule has 0 aromatic heterocycles. The summed E-state index contributed by atoms with van der Waals surface area (Å²) in [6.07, 6.45) is 4.92. The molecule has 0 bridgehead atoms. The molecular formula is C14H21NOS. The summed E-state index contributed by atoms with van der Waals surface area (Å²) in [5.41, 5.74) is 1.26. The van der Waals surface area contributed by atoms with E-state index in [1.54, 1.807) is 0 Å². The van der Waals surface area contributed by atoms with E-state index in [1.807, 2.05) is 30.8 Å². The van der Waals surface area contributed by atoms with Gasteiger partial charge in [0.2, 0.25) is 0 Å². The van der Waals surface area contributed by atoms with Gasteiger partial charge in [-0.25, -0.2) is 0 Å². The standard InChI is InChI=1S/C14H21NOS/c1-3-16-13-7-5-4-6-12(13)10-15-11-14(17-2)8-9-14/h4-7,15H,3,8-11H2,1-2H3. The van der Waals surface area contributed by atoms with E-state index in [-0.39, 0.29) is 0 Å². The zero-order valence-electron chi connectivity index (χ0n) is 10.7. The topological polar surface area (TPSA) is 21.3 Å². The second-order valence-electron chi connectivity index (χ2n) is 4.53. The van der Waals surface area contributed by atoms with Crippen molar-refractivity contribution in [2.24, 2.45) is 0 Å². The summed E-state index contributed by atoms with van der Waals surface area (Å²) >= 11 is 1.99. The third-order valence-corrected chi connectivity index (χ3v) is 4.69. The van der Waals surface area contributed by atoms with Gasteiger partial charge in [0.15, 0.2) is 0 Å². The number of rotatable bonds is 7. The molecule has 94 valence electrons. The van der Waals surface area contributed by atoms with Crippen LogP contribution in [0.4, 0.5) is 0 Å². The van der Waals surface area contributed by atoms with Gasteiger partial charge in [-0.3, -0.25) is 0 Å². The van der Waals surface area contributed by atoms with E-state index < -0.39 is 0 Å². The third-order valence-electron chi connectivity index (χ3n) is 3.28. The van der Waals surface area contributed by atoms with Crippen LogP contribution in [0.25, 0.3) is 0 Å². The Hall–Kier alpha value is -0.670. The van der Waals surface area contributed by atoms with Gasteiger partial charge in [-0.15, -0.1) is 0 Å². The van der Waals surface area contributed by atoms with E-state index in [1.165, 1.54) is 18.4 Å². The lowest BCUT2D eigenvalue weighted by Gasteiger charge is -2.14. The molecule has 3 heteroatoms. The maximum absolute atomic E-state index is 5.62. The Bertz CT molecular complexity index is 363. The van der Waals surface area contributed by atoms with Gasteiger partial charge in [-0.1, -0.05) is 18.2 Å². The number of para-hydroxylation sites is 1. The number of ether oxygens (including phenoxy) is 1. The number of nitrogens with one attached hydrogen (secondary N) is 1. The minimum atomic E-state index is 0.528. The fourth-order valence-corrected chi connectivity index (χ4v) is 2.72. The first kappa shape index (κ1) is 12.8. The van der Waals surface area contributed by atoms with Gasteiger partial charge in [-0.2, -0.15) is 11.8 Å². The second-order valence-corrected chi connectivity index (χ2v) is 5.81. The Labute approximate surface area is 108 Å². The molecule has 1 fully saturated rings. The predicted molar refractivity (Wildman–Crippen MR) is 74.8 cm³/mol. The number of benzene rings is 1. The van der Waals surface area contributed by atoms with Crippen LogP contribution >= 0.6 is 11.8 Å². The van der Waals surface area contributed by atoms with Crippen molar-refractivity contribution in [1.29, 1.82) is 0 Å². The molecule has 1 aliphatic carbocycles. The highest BCUT2D eigenvalue weighted by Crippen LogP contribution is 2.46. The SMILES string of the molecule is CCOc1ccccc1CNCC1(SC)CC1. The van der Waals surface area contributed by atoms with Crippen molar-refractivity contribution in [3.05, 3.63) is 29.8 Å². The van der Waals surface area contributed by atoms with Crippen molar-refractivity contribution in [1.82, 2.24) is 5.32 Å². The van der Waals surface area contributed by atoms with Crippen LogP contribution in [-0.2, 0) is 6.54 Å². The van der Waals surface area contributed by atoms with Crippen LogP contribution in [0.5, 0.6) is 5.75 Å². The van der Waals surface area contributed by atoms with Crippen LogP contribution in [0.15, 0.2) is 24.3 Å². The monoisotopic (exact) mass is 251 g/mol. The predicted octanol–water partition coefficient (Wildman–Crippen LogP) is 3.07. The lowest BCUT2D eigenvalue weighted by atomic mass is 10.2. The van der Waals surface area contributed by atoms with Gasteiger partial charge in [0.1, 0.15) is 5.75 Å². The van der Waals surface area contributed by atoms with E-state index >= 15 is 0 Å². The third kappa shape index (κ3) is 3.39. The fourth-order valence-electron chi connectivity index (χ4n) is 1.96. The highest BCUT2D eigenvalue weighted by molar-refractivity contribution is 8.00. The molecule has 0 atom stereocenters. The van der Waals surface area contributed by atoms with Gasteiger partial charge < -0.3 is 10.1 Å². The van der Waals surface area contributed by atoms with Crippen molar-refractivity contribution >= 4 is 11.8 Å². The molecule has 0 spiro atoms. The van der Waals surface area contributed by atoms with Gasteiger partial charge in [0.05, 0.1) is 6.61 Å². The van der Waals surface area contributed by atoms with E-state index in [0.29, 0.717) is 4.75 Å². The highest BCUT2D eigenvalue weighted by Gasteiger charge is 2.41. The minimum Gasteiger partial charge on any atom is -0.494 e. The van der Waals surface area contributed by atoms with E-state index in [2.05, 4.69) is 23.7 Å². The number of thioether (sulfide) groups is 1. The Morgan fingerprint density at radius 3 is 2.76 bits per heavy atom. The molecule has 2 nitrogen and oxygen atoms in total. The Morgan fingerprint density at radius 2 is 2.12 bits per heavy atom. The quantitative estimate of drug-likeness (QED) is 0.804.